The van der Waals surface area contributed by atoms with Gasteiger partial charge in [-0.2, -0.15) is 17.5 Å². The summed E-state index contributed by atoms with van der Waals surface area (Å²) in [6, 6.07) is -0.351. The predicted octanol–water partition coefficient (Wildman–Crippen LogP) is -0.914. The van der Waals surface area contributed by atoms with Gasteiger partial charge in [-0.1, -0.05) is 18.3 Å². The van der Waals surface area contributed by atoms with Gasteiger partial charge < -0.3 is 15.1 Å². The molecule has 5 N–H and O–H groups in total. The molecule has 2 aromatic heterocycles. The number of carboxylic acids is 1. The van der Waals surface area contributed by atoms with Gasteiger partial charge in [0, 0.05) is 11.5 Å². The quantitative estimate of drug-likeness (QED) is 0.303. The van der Waals surface area contributed by atoms with Crippen LogP contribution in [0, 0.1) is 18.8 Å². The first-order valence-electron chi connectivity index (χ1n) is 9.65. The van der Waals surface area contributed by atoms with Gasteiger partial charge in [0.15, 0.2) is 0 Å². The van der Waals surface area contributed by atoms with E-state index >= 15 is 0 Å². The van der Waals surface area contributed by atoms with Crippen molar-refractivity contribution in [3.05, 3.63) is 34.4 Å². The maximum absolute atomic E-state index is 12.5. The topological polar surface area (TPSA) is 158 Å². The molecule has 31 heavy (non-hydrogen) atoms. The van der Waals surface area contributed by atoms with Crippen LogP contribution in [0.2, 0.25) is 0 Å². The third-order valence-corrected chi connectivity index (χ3v) is 7.82. The van der Waals surface area contributed by atoms with Crippen LogP contribution in [0.25, 0.3) is 4.83 Å². The van der Waals surface area contributed by atoms with Gasteiger partial charge in [0.05, 0.1) is 29.5 Å². The fourth-order valence-corrected chi connectivity index (χ4v) is 6.12. The minimum atomic E-state index is -3.79. The molecular formula is C18H24N5O6S2+. The Morgan fingerprint density at radius 1 is 1.45 bits per heavy atom. The summed E-state index contributed by atoms with van der Waals surface area (Å²) in [6.45, 7) is 5.65. The Hall–Kier alpha value is -2.32. The smallest absolute Gasteiger partial charge is 0.352 e. The molecule has 1 saturated heterocycles. The van der Waals surface area contributed by atoms with Crippen LogP contribution in [0.4, 0.5) is 0 Å². The lowest BCUT2D eigenvalue weighted by molar-refractivity contribution is -0.688. The van der Waals surface area contributed by atoms with Gasteiger partial charge in [0.25, 0.3) is 10.2 Å². The Labute approximate surface area is 182 Å². The number of rotatable bonds is 7. The molecule has 4 atom stereocenters. The number of carbonyl (C=O) groups excluding carboxylic acids is 1. The van der Waals surface area contributed by atoms with Crippen molar-refractivity contribution in [3.8, 4) is 0 Å². The summed E-state index contributed by atoms with van der Waals surface area (Å²) in [5, 5.41) is 24.7. The number of hydrogen-bond donors (Lipinski definition) is 4. The maximum atomic E-state index is 12.5. The highest BCUT2D eigenvalue weighted by Gasteiger charge is 2.60. The van der Waals surface area contributed by atoms with Crippen LogP contribution in [-0.2, 0) is 32.9 Å². The minimum absolute atomic E-state index is 0.00350. The molecule has 1 amide bonds. The number of aliphatic hydroxyl groups is 1. The summed E-state index contributed by atoms with van der Waals surface area (Å²) in [6.07, 6.45) is 2.82. The molecule has 11 nitrogen and oxygen atoms in total. The number of nitrogens with one attached hydrogen (secondary N) is 1. The molecular weight excluding hydrogens is 446 g/mol. The summed E-state index contributed by atoms with van der Waals surface area (Å²) in [7, 11) is -3.79. The van der Waals surface area contributed by atoms with Crippen molar-refractivity contribution in [2.45, 2.75) is 46.0 Å². The monoisotopic (exact) mass is 470 g/mol. The van der Waals surface area contributed by atoms with E-state index in [1.165, 1.54) is 16.2 Å². The van der Waals surface area contributed by atoms with Crippen LogP contribution in [0.5, 0.6) is 0 Å². The van der Waals surface area contributed by atoms with Crippen LogP contribution < -0.4 is 14.4 Å². The number of hydrogen-bond acceptors (Lipinski definition) is 6. The molecule has 2 aliphatic rings. The second-order valence-corrected chi connectivity index (χ2v) is 10.5. The van der Waals surface area contributed by atoms with Crippen LogP contribution in [-0.4, -0.2) is 52.0 Å². The third-order valence-electron chi connectivity index (χ3n) is 6.07. The number of nitrogens with zero attached hydrogens (tertiary/aromatic N) is 3. The molecule has 4 heterocycles. The molecule has 168 valence electrons. The number of thiazole rings is 1. The number of fused-ring (bicyclic) bond motifs is 2. The van der Waals surface area contributed by atoms with Crippen molar-refractivity contribution in [1.82, 2.24) is 14.0 Å². The first-order valence-corrected chi connectivity index (χ1v) is 12.0. The third kappa shape index (κ3) is 3.55. The predicted molar refractivity (Wildman–Crippen MR) is 110 cm³/mol. The van der Waals surface area contributed by atoms with Gasteiger partial charge in [0.2, 0.25) is 17.1 Å². The van der Waals surface area contributed by atoms with Crippen LogP contribution in [0.15, 0.2) is 23.8 Å². The van der Waals surface area contributed by atoms with E-state index in [2.05, 4.69) is 4.72 Å². The van der Waals surface area contributed by atoms with E-state index < -0.39 is 28.2 Å². The average Bonchev–Trinajstić information content (AvgIpc) is 3.24. The van der Waals surface area contributed by atoms with E-state index in [-0.39, 0.29) is 36.7 Å². The number of carboxylic acid groups (broad SMARTS) is 1. The average molecular weight is 471 g/mol. The normalized spacial score (nSPS) is 24.6. The lowest BCUT2D eigenvalue weighted by Crippen LogP contribution is -2.63. The molecule has 13 heteroatoms. The van der Waals surface area contributed by atoms with Gasteiger partial charge in [-0.3, -0.25) is 4.79 Å². The number of imidazole rings is 1. The van der Waals surface area contributed by atoms with Crippen molar-refractivity contribution < 1.29 is 32.8 Å². The van der Waals surface area contributed by atoms with Crippen LogP contribution >= 0.6 is 11.3 Å². The molecule has 0 spiro atoms. The number of aryl methyl sites for hydroxylation is 1. The summed E-state index contributed by atoms with van der Waals surface area (Å²) >= 11 is 1.40. The molecule has 4 rings (SSSR count). The summed E-state index contributed by atoms with van der Waals surface area (Å²) < 4.78 is 28.3. The van der Waals surface area contributed by atoms with E-state index in [9.17, 15) is 28.2 Å². The Bertz CT molecular complexity index is 1230. The Morgan fingerprint density at radius 2 is 2.13 bits per heavy atom. The lowest BCUT2D eigenvalue weighted by Gasteiger charge is -2.46. The number of amides is 1. The zero-order chi connectivity index (χ0) is 22.8. The number of carbonyl (C=O) groups is 2. The van der Waals surface area contributed by atoms with Gasteiger partial charge in [-0.25, -0.2) is 14.5 Å². The van der Waals surface area contributed by atoms with Crippen molar-refractivity contribution in [2.75, 3.05) is 0 Å². The zero-order valence-electron chi connectivity index (χ0n) is 17.1. The zero-order valence-corrected chi connectivity index (χ0v) is 18.8. The molecule has 0 aromatic carbocycles. The van der Waals surface area contributed by atoms with Gasteiger partial charge in [-0.05, 0) is 13.8 Å². The second-order valence-electron chi connectivity index (χ2n) is 8.03. The van der Waals surface area contributed by atoms with Crippen molar-refractivity contribution in [3.63, 3.8) is 0 Å². The van der Waals surface area contributed by atoms with Gasteiger partial charge in [-0.15, -0.1) is 0 Å². The highest BCUT2D eigenvalue weighted by molar-refractivity contribution is 7.87. The maximum Gasteiger partial charge on any atom is 0.352 e. The lowest BCUT2D eigenvalue weighted by atomic mass is 9.78. The van der Waals surface area contributed by atoms with Gasteiger partial charge in [0.1, 0.15) is 24.1 Å². The number of aromatic nitrogens is 2. The highest BCUT2D eigenvalue weighted by atomic mass is 32.2. The summed E-state index contributed by atoms with van der Waals surface area (Å²) in [4.78, 5) is 27.4. The molecule has 2 aliphatic heterocycles. The van der Waals surface area contributed by atoms with E-state index in [4.69, 9.17) is 5.14 Å². The fourth-order valence-electron chi connectivity index (χ4n) is 4.57. The van der Waals surface area contributed by atoms with E-state index in [0.717, 1.165) is 15.4 Å². The van der Waals surface area contributed by atoms with Crippen molar-refractivity contribution >= 4 is 38.3 Å². The summed E-state index contributed by atoms with van der Waals surface area (Å²) in [5.41, 5.74) is 1.47. The molecule has 0 bridgehead atoms. The Kier molecular flexibility index (Phi) is 5.21. The Morgan fingerprint density at radius 3 is 2.68 bits per heavy atom. The fraction of sp³-hybridized carbons (Fsp3) is 0.500. The standard InChI is InChI=1S/C18H23N5O6S2/c1-8-11(16(18(26)27)23-15(8)14(10(3)24)17(23)25)5-21-6-13-22(7-21)9(2)12(30-13)4-20-31(19,28)29/h6-8,10,14-15,20,24H,4-5H2,1-3H3,(H2-,19,26,27,28,29)/p+1/t8-,10+,14+,15+/m0/s1. The first kappa shape index (κ1) is 21.9. The summed E-state index contributed by atoms with van der Waals surface area (Å²) in [5.74, 6) is -2.31. The number of aliphatic carboxylic acids is 1. The largest absolute Gasteiger partial charge is 0.477 e. The molecule has 0 aliphatic carbocycles. The van der Waals surface area contributed by atoms with E-state index in [0.29, 0.717) is 5.57 Å². The van der Waals surface area contributed by atoms with E-state index in [1.807, 2.05) is 35.3 Å². The number of nitrogens with two attached hydrogens (primary N) is 1. The number of aliphatic hydroxyl groups excluding tert-OH is 1. The molecule has 0 saturated carbocycles. The number of β-lactam (4-membered cyclic amide) rings is 1. The molecule has 2 aromatic rings. The van der Waals surface area contributed by atoms with Crippen molar-refractivity contribution in [2.24, 2.45) is 17.0 Å². The molecule has 1 fully saturated rings. The highest BCUT2D eigenvalue weighted by Crippen LogP contribution is 2.47. The van der Waals surface area contributed by atoms with Crippen molar-refractivity contribution in [1.29, 1.82) is 0 Å². The Balaban J connectivity index is 1.63. The molecule has 0 radical (unpaired) electrons. The van der Waals surface area contributed by atoms with Crippen LogP contribution in [0.3, 0.4) is 0 Å². The minimum Gasteiger partial charge on any atom is -0.477 e. The molecule has 0 unspecified atom stereocenters. The first-order chi connectivity index (χ1) is 14.4. The van der Waals surface area contributed by atoms with Gasteiger partial charge >= 0.3 is 5.97 Å². The SMILES string of the molecule is Cc1c(CNS(N)(=O)=O)sc2c[n+](CC3=C(C(=O)O)N4C(=O)[C@H]([C@@H](C)O)[C@H]4[C@H]3C)cn12. The van der Waals surface area contributed by atoms with Crippen LogP contribution in [0.1, 0.15) is 24.4 Å². The van der Waals surface area contributed by atoms with E-state index in [1.54, 1.807) is 6.92 Å². The second kappa shape index (κ2) is 7.38.